The van der Waals surface area contributed by atoms with Gasteiger partial charge in [-0.25, -0.2) is 4.72 Å². The zero-order chi connectivity index (χ0) is 26.8. The van der Waals surface area contributed by atoms with Crippen LogP contribution in [0.2, 0.25) is 0 Å². The number of rotatable bonds is 5. The first-order valence-electron chi connectivity index (χ1n) is 12.7. The van der Waals surface area contributed by atoms with E-state index in [1.54, 1.807) is 0 Å². The molecule has 202 valence electrons. The summed E-state index contributed by atoms with van der Waals surface area (Å²) in [5.74, 6) is -1.73. The van der Waals surface area contributed by atoms with Crippen molar-refractivity contribution in [3.05, 3.63) is 0 Å². The molecule has 36 heavy (non-hydrogen) atoms. The van der Waals surface area contributed by atoms with Gasteiger partial charge in [0.25, 0.3) is 0 Å². The Morgan fingerprint density at radius 3 is 2.39 bits per heavy atom. The molecule has 0 radical (unpaired) electrons. The van der Waals surface area contributed by atoms with Crippen molar-refractivity contribution in [3.63, 3.8) is 0 Å². The maximum absolute atomic E-state index is 13.7. The molecule has 4 fully saturated rings. The molecule has 8 atom stereocenters. The Bertz CT molecular complexity index is 1090. The summed E-state index contributed by atoms with van der Waals surface area (Å²) in [5.41, 5.74) is -6.58. The molecule has 0 spiro atoms. The number of sulfonamides is 1. The van der Waals surface area contributed by atoms with Gasteiger partial charge in [-0.15, -0.1) is 0 Å². The molecule has 4 aliphatic rings. The highest BCUT2D eigenvalue weighted by Gasteiger charge is 2.66. The van der Waals surface area contributed by atoms with E-state index >= 15 is 0 Å². The van der Waals surface area contributed by atoms with Gasteiger partial charge in [-0.3, -0.25) is 19.2 Å². The molecular formula is C25H34F3NO6S. The van der Waals surface area contributed by atoms with Crippen LogP contribution in [0.15, 0.2) is 0 Å². The first-order chi connectivity index (χ1) is 16.5. The van der Waals surface area contributed by atoms with Crippen LogP contribution in [0.3, 0.4) is 0 Å². The number of hydrogen-bond donors (Lipinski definition) is 1. The van der Waals surface area contributed by atoms with E-state index in [9.17, 15) is 40.8 Å². The second-order valence-corrected chi connectivity index (χ2v) is 13.6. The Hall–Kier alpha value is -1.78. The van der Waals surface area contributed by atoms with Gasteiger partial charge in [0.05, 0.1) is 0 Å². The second kappa shape index (κ2) is 8.91. The summed E-state index contributed by atoms with van der Waals surface area (Å²) in [5, 5.41) is 0. The Morgan fingerprint density at radius 2 is 1.75 bits per heavy atom. The van der Waals surface area contributed by atoms with E-state index in [2.05, 4.69) is 6.92 Å². The Kier molecular flexibility index (Phi) is 6.75. The van der Waals surface area contributed by atoms with Gasteiger partial charge in [-0.05, 0) is 60.7 Å². The van der Waals surface area contributed by atoms with Crippen LogP contribution in [0.1, 0.15) is 78.6 Å². The largest absolute Gasteiger partial charge is 0.516 e. The van der Waals surface area contributed by atoms with Crippen LogP contribution in [-0.2, 0) is 29.2 Å². The molecule has 0 heterocycles. The summed E-state index contributed by atoms with van der Waals surface area (Å²) in [6.07, 6.45) is 3.25. The molecule has 0 aromatic rings. The van der Waals surface area contributed by atoms with Gasteiger partial charge >= 0.3 is 15.5 Å². The zero-order valence-electron chi connectivity index (χ0n) is 20.8. The number of nitrogens with one attached hydrogen (secondary N) is 1. The van der Waals surface area contributed by atoms with Crippen LogP contribution < -0.4 is 4.72 Å². The van der Waals surface area contributed by atoms with Crippen LogP contribution in [0.25, 0.3) is 0 Å². The van der Waals surface area contributed by atoms with Gasteiger partial charge in [0, 0.05) is 43.4 Å². The van der Waals surface area contributed by atoms with Crippen molar-refractivity contribution < 1.29 is 40.8 Å². The first kappa shape index (κ1) is 27.3. The molecule has 0 saturated heterocycles. The lowest BCUT2D eigenvalue weighted by Crippen LogP contribution is -2.60. The summed E-state index contributed by atoms with van der Waals surface area (Å²) in [6.45, 7) is 5.85. The standard InChI is InChI=1S/C25H34F3NO6S/c1-13(4-7-21(33)29-36(34,35)25(26,27)28)16-5-6-17-22-18(12-20(32)24(16,17)3)23(2)9-8-15(30)10-14(23)11-19(22)31/h13-14,16-18,22H,4-12H2,1-3H3,(H,29,33)/t13-,14+,16-,17+,18+,22+,23?,24-/m1/s1. The molecule has 0 aliphatic heterocycles. The number of fused-ring (bicyclic) bond motifs is 5. The van der Waals surface area contributed by atoms with Crippen LogP contribution in [0.4, 0.5) is 13.2 Å². The third-order valence-electron chi connectivity index (χ3n) is 10.3. The van der Waals surface area contributed by atoms with Crippen molar-refractivity contribution in [3.8, 4) is 0 Å². The average Bonchev–Trinajstić information content (AvgIpc) is 3.11. The van der Waals surface area contributed by atoms with E-state index in [0.29, 0.717) is 38.5 Å². The minimum atomic E-state index is -5.75. The van der Waals surface area contributed by atoms with E-state index in [4.69, 9.17) is 0 Å². The minimum absolute atomic E-state index is 0.0210. The molecule has 1 amide bonds. The average molecular weight is 534 g/mol. The van der Waals surface area contributed by atoms with Crippen molar-refractivity contribution in [1.82, 2.24) is 4.72 Å². The fourth-order valence-electron chi connectivity index (χ4n) is 8.21. The molecule has 11 heteroatoms. The van der Waals surface area contributed by atoms with E-state index in [0.717, 1.165) is 4.72 Å². The number of hydrogen-bond acceptors (Lipinski definition) is 6. The maximum atomic E-state index is 13.7. The molecule has 0 bridgehead atoms. The predicted molar refractivity (Wildman–Crippen MR) is 123 cm³/mol. The van der Waals surface area contributed by atoms with Gasteiger partial charge in [-0.1, -0.05) is 20.8 Å². The highest BCUT2D eigenvalue weighted by atomic mass is 32.2. The Morgan fingerprint density at radius 1 is 1.08 bits per heavy atom. The molecule has 7 nitrogen and oxygen atoms in total. The molecule has 1 unspecified atom stereocenters. The number of carbonyl (C=O) groups excluding carboxylic acids is 4. The molecule has 4 aliphatic carbocycles. The van der Waals surface area contributed by atoms with Crippen molar-refractivity contribution in [2.24, 2.45) is 46.3 Å². The molecule has 0 aromatic heterocycles. The zero-order valence-corrected chi connectivity index (χ0v) is 21.6. The SMILES string of the molecule is C[C@H](CCC(=O)NS(=O)(=O)C(F)(F)F)[C@H]1CC[C@H]2[C@@H]3C(=O)C[C@@H]4CC(=O)CCC4(C)[C@H]3CC(=O)[C@]12C. The van der Waals surface area contributed by atoms with E-state index in [1.165, 1.54) is 0 Å². The van der Waals surface area contributed by atoms with Crippen molar-refractivity contribution in [2.75, 3.05) is 0 Å². The molecule has 1 N–H and O–H groups in total. The first-order valence-corrected chi connectivity index (χ1v) is 14.2. The predicted octanol–water partition coefficient (Wildman–Crippen LogP) is 3.95. The van der Waals surface area contributed by atoms with Gasteiger partial charge in [-0.2, -0.15) is 21.6 Å². The van der Waals surface area contributed by atoms with E-state index in [1.807, 2.05) is 13.8 Å². The van der Waals surface area contributed by atoms with Crippen molar-refractivity contribution >= 4 is 33.3 Å². The lowest BCUT2D eigenvalue weighted by molar-refractivity contribution is -0.166. The smallest absolute Gasteiger partial charge is 0.300 e. The monoisotopic (exact) mass is 533 g/mol. The maximum Gasteiger partial charge on any atom is 0.516 e. The molecule has 4 rings (SSSR count). The van der Waals surface area contributed by atoms with E-state index in [-0.39, 0.29) is 71.1 Å². The fraction of sp³-hybridized carbons (Fsp3) is 0.840. The van der Waals surface area contributed by atoms with Crippen LogP contribution >= 0.6 is 0 Å². The van der Waals surface area contributed by atoms with Crippen LogP contribution in [0, 0.1) is 46.3 Å². The molecular weight excluding hydrogens is 499 g/mol. The summed E-state index contributed by atoms with van der Waals surface area (Å²) >= 11 is 0. The summed E-state index contributed by atoms with van der Waals surface area (Å²) in [4.78, 5) is 51.2. The van der Waals surface area contributed by atoms with E-state index < -0.39 is 33.3 Å². The quantitative estimate of drug-likeness (QED) is 0.572. The number of halogens is 3. The molecule has 4 saturated carbocycles. The minimum Gasteiger partial charge on any atom is -0.300 e. The van der Waals surface area contributed by atoms with Crippen molar-refractivity contribution in [1.29, 1.82) is 0 Å². The third-order valence-corrected chi connectivity index (χ3v) is 11.4. The van der Waals surface area contributed by atoms with Gasteiger partial charge in [0.2, 0.25) is 5.91 Å². The summed E-state index contributed by atoms with van der Waals surface area (Å²) in [7, 11) is -5.75. The van der Waals surface area contributed by atoms with Crippen molar-refractivity contribution in [2.45, 2.75) is 84.1 Å². The van der Waals surface area contributed by atoms with Crippen LogP contribution in [-0.4, -0.2) is 37.2 Å². The normalized spacial score (nSPS) is 39.7. The number of ketones is 3. The second-order valence-electron chi connectivity index (χ2n) is 11.9. The number of alkyl halides is 3. The third kappa shape index (κ3) is 4.22. The number of carbonyl (C=O) groups is 4. The Labute approximate surface area is 209 Å². The lowest BCUT2D eigenvalue weighted by atomic mass is 9.44. The van der Waals surface area contributed by atoms with Gasteiger partial charge in [0.1, 0.15) is 17.3 Å². The summed E-state index contributed by atoms with van der Waals surface area (Å²) in [6, 6.07) is 0. The highest BCUT2D eigenvalue weighted by molar-refractivity contribution is 7.90. The lowest BCUT2D eigenvalue weighted by Gasteiger charge is -2.58. The fourth-order valence-corrected chi connectivity index (χ4v) is 8.73. The summed E-state index contributed by atoms with van der Waals surface area (Å²) < 4.78 is 61.1. The highest BCUT2D eigenvalue weighted by Crippen LogP contribution is 2.66. The molecule has 0 aromatic carbocycles. The number of Topliss-reactive ketones (excluding diaryl/α,β-unsaturated/α-hetero) is 3. The topological polar surface area (TPSA) is 114 Å². The van der Waals surface area contributed by atoms with Crippen LogP contribution in [0.5, 0.6) is 0 Å². The van der Waals surface area contributed by atoms with Gasteiger partial charge < -0.3 is 0 Å². The Balaban J connectivity index is 1.49. The van der Waals surface area contributed by atoms with Gasteiger partial charge in [0.15, 0.2) is 0 Å². The number of amides is 1.